The Bertz CT molecular complexity index is 107. The highest BCUT2D eigenvalue weighted by molar-refractivity contribution is 7.47. The molecular weight excluding hydrogens is 157 g/mol. The van der Waals surface area contributed by atoms with Crippen molar-refractivity contribution in [2.45, 2.75) is 0 Å². The summed E-state index contributed by atoms with van der Waals surface area (Å²) in [7, 11) is -4.44. The van der Waals surface area contributed by atoms with E-state index in [0.29, 0.717) is 0 Å². The third kappa shape index (κ3) is 4.47. The molecule has 4 nitrogen and oxygen atoms in total. The summed E-state index contributed by atoms with van der Waals surface area (Å²) in [4.78, 5) is 8.15. The molecule has 0 saturated heterocycles. The van der Waals surface area contributed by atoms with E-state index < -0.39 is 21.5 Å². The van der Waals surface area contributed by atoms with Crippen molar-refractivity contribution in [3.05, 3.63) is 0 Å². The van der Waals surface area contributed by atoms with E-state index in [1.165, 1.54) is 0 Å². The van der Waals surface area contributed by atoms with Gasteiger partial charge in [0.2, 0.25) is 0 Å². The molecule has 0 aromatic rings. The highest BCUT2D eigenvalue weighted by Crippen LogP contribution is 2.42. The average Bonchev–Trinajstić information content (AvgIpc) is 1.64. The van der Waals surface area contributed by atoms with Crippen LogP contribution in [0.15, 0.2) is 0 Å². The van der Waals surface area contributed by atoms with Gasteiger partial charge in [-0.05, 0) is 0 Å². The van der Waals surface area contributed by atoms with Gasteiger partial charge in [-0.2, -0.15) is 0 Å². The third-order valence-corrected chi connectivity index (χ3v) is 1.27. The molecule has 0 bridgehead atoms. The zero-order chi connectivity index (χ0) is 7.33. The lowest BCUT2D eigenvalue weighted by atomic mass is 11.6. The van der Waals surface area contributed by atoms with Crippen molar-refractivity contribution in [2.75, 3.05) is 13.7 Å². The Labute approximate surface area is 50.0 Å². The minimum absolute atomic E-state index is 1.48. The van der Waals surface area contributed by atoms with E-state index >= 15 is 0 Å². The summed E-state index contributed by atoms with van der Waals surface area (Å²) in [6.45, 7) is -2.96. The predicted octanol–water partition coefficient (Wildman–Crippen LogP) is 0.974. The Morgan fingerprint density at radius 3 is 1.89 bits per heavy atom. The van der Waals surface area contributed by atoms with Crippen molar-refractivity contribution < 1.29 is 27.3 Å². The molecule has 0 heterocycles. The van der Waals surface area contributed by atoms with Gasteiger partial charge < -0.3 is 4.89 Å². The standard InChI is InChI=1S/C2H5F2O4P/c3-1-7-9(5,6)8-2-4/h1-2H2,(H,5,6). The van der Waals surface area contributed by atoms with E-state index in [2.05, 4.69) is 9.05 Å². The summed E-state index contributed by atoms with van der Waals surface area (Å²) < 4.78 is 39.1. The lowest BCUT2D eigenvalue weighted by Gasteiger charge is -2.04. The van der Waals surface area contributed by atoms with Crippen molar-refractivity contribution in [1.29, 1.82) is 0 Å². The first kappa shape index (κ1) is 8.97. The Kier molecular flexibility index (Phi) is 3.88. The van der Waals surface area contributed by atoms with Crippen LogP contribution in [0.5, 0.6) is 0 Å². The van der Waals surface area contributed by atoms with Gasteiger partial charge >= 0.3 is 7.82 Å². The van der Waals surface area contributed by atoms with Crippen molar-refractivity contribution in [3.63, 3.8) is 0 Å². The number of rotatable bonds is 4. The molecule has 0 radical (unpaired) electrons. The van der Waals surface area contributed by atoms with Crippen LogP contribution < -0.4 is 0 Å². The first-order chi connectivity index (χ1) is 4.12. The SMILES string of the molecule is O=P(O)(OCF)OCF. The molecule has 1 N–H and O–H groups in total. The number of alkyl halides is 2. The van der Waals surface area contributed by atoms with Crippen molar-refractivity contribution in [3.8, 4) is 0 Å². The molecule has 7 heteroatoms. The number of phosphoric ester groups is 1. The Morgan fingerprint density at radius 2 is 1.67 bits per heavy atom. The normalized spacial score (nSPS) is 11.9. The van der Waals surface area contributed by atoms with Gasteiger partial charge in [0.15, 0.2) is 13.7 Å². The van der Waals surface area contributed by atoms with Gasteiger partial charge in [0.1, 0.15) is 0 Å². The second kappa shape index (κ2) is 3.90. The molecule has 0 unspecified atom stereocenters. The minimum Gasteiger partial charge on any atom is -0.302 e. The summed E-state index contributed by atoms with van der Waals surface area (Å²) in [6, 6.07) is 0. The number of phosphoric acid groups is 1. The molecule has 56 valence electrons. The predicted molar refractivity (Wildman–Crippen MR) is 23.9 cm³/mol. The zero-order valence-corrected chi connectivity index (χ0v) is 5.18. The summed E-state index contributed by atoms with van der Waals surface area (Å²) >= 11 is 0. The van der Waals surface area contributed by atoms with Crippen LogP contribution in [0.2, 0.25) is 0 Å². The first-order valence-corrected chi connectivity index (χ1v) is 3.36. The third-order valence-electron chi connectivity index (χ3n) is 0.424. The largest absolute Gasteiger partial charge is 0.476 e. The molecule has 0 aromatic carbocycles. The molecule has 0 fully saturated rings. The molecule has 0 amide bonds. The molecule has 0 aliphatic carbocycles. The second-order valence-corrected chi connectivity index (χ2v) is 2.40. The highest BCUT2D eigenvalue weighted by atomic mass is 31.2. The fraction of sp³-hybridized carbons (Fsp3) is 1.00. The number of hydrogen-bond acceptors (Lipinski definition) is 3. The van der Waals surface area contributed by atoms with Gasteiger partial charge in [0, 0.05) is 0 Å². The average molecular weight is 162 g/mol. The molecule has 9 heavy (non-hydrogen) atoms. The second-order valence-electron chi connectivity index (χ2n) is 0.945. The van der Waals surface area contributed by atoms with Crippen LogP contribution in [0.4, 0.5) is 8.78 Å². The van der Waals surface area contributed by atoms with E-state index in [4.69, 9.17) is 4.89 Å². The zero-order valence-electron chi connectivity index (χ0n) is 4.29. The maximum Gasteiger partial charge on any atom is 0.476 e. The van der Waals surface area contributed by atoms with Gasteiger partial charge in [0.05, 0.1) is 0 Å². The Hall–Kier alpha value is -0.0300. The molecular formula is C2H5F2O4P. The summed E-state index contributed by atoms with van der Waals surface area (Å²) in [6.07, 6.45) is 0. The number of hydrogen-bond donors (Lipinski definition) is 1. The number of halogens is 2. The molecule has 0 atom stereocenters. The first-order valence-electron chi connectivity index (χ1n) is 1.86. The molecule has 0 aliphatic heterocycles. The lowest BCUT2D eigenvalue weighted by Crippen LogP contribution is -1.91. The van der Waals surface area contributed by atoms with Crippen molar-refractivity contribution in [1.82, 2.24) is 0 Å². The molecule has 0 saturated carbocycles. The minimum atomic E-state index is -4.44. The van der Waals surface area contributed by atoms with Crippen LogP contribution in [0.25, 0.3) is 0 Å². The quantitative estimate of drug-likeness (QED) is 0.625. The van der Waals surface area contributed by atoms with Crippen LogP contribution in [0.1, 0.15) is 0 Å². The molecule has 0 rings (SSSR count). The van der Waals surface area contributed by atoms with E-state index in [1.807, 2.05) is 0 Å². The highest BCUT2D eigenvalue weighted by Gasteiger charge is 2.19. The van der Waals surface area contributed by atoms with Gasteiger partial charge in [-0.15, -0.1) is 0 Å². The van der Waals surface area contributed by atoms with E-state index in [0.717, 1.165) is 0 Å². The summed E-state index contributed by atoms with van der Waals surface area (Å²) in [5.41, 5.74) is 0. The fourth-order valence-corrected chi connectivity index (χ4v) is 0.482. The Morgan fingerprint density at radius 1 is 1.33 bits per heavy atom. The molecule has 0 aliphatic rings. The van der Waals surface area contributed by atoms with E-state index in [1.54, 1.807) is 0 Å². The van der Waals surface area contributed by atoms with Crippen LogP contribution in [-0.2, 0) is 13.6 Å². The Balaban J connectivity index is 3.58. The smallest absolute Gasteiger partial charge is 0.302 e. The van der Waals surface area contributed by atoms with Gasteiger partial charge in [-0.25, -0.2) is 13.3 Å². The monoisotopic (exact) mass is 162 g/mol. The van der Waals surface area contributed by atoms with Crippen LogP contribution >= 0.6 is 7.82 Å². The maximum atomic E-state index is 11.1. The maximum absolute atomic E-state index is 11.1. The van der Waals surface area contributed by atoms with Gasteiger partial charge in [0.25, 0.3) is 0 Å². The van der Waals surface area contributed by atoms with E-state index in [9.17, 15) is 13.3 Å². The van der Waals surface area contributed by atoms with Gasteiger partial charge in [-0.1, -0.05) is 0 Å². The van der Waals surface area contributed by atoms with Crippen LogP contribution in [0, 0.1) is 0 Å². The van der Waals surface area contributed by atoms with Crippen LogP contribution in [-0.4, -0.2) is 18.6 Å². The topological polar surface area (TPSA) is 55.8 Å². The fourth-order valence-electron chi connectivity index (χ4n) is 0.161. The van der Waals surface area contributed by atoms with Crippen LogP contribution in [0.3, 0.4) is 0 Å². The van der Waals surface area contributed by atoms with Crippen molar-refractivity contribution in [2.24, 2.45) is 0 Å². The van der Waals surface area contributed by atoms with E-state index in [-0.39, 0.29) is 0 Å². The van der Waals surface area contributed by atoms with Crippen molar-refractivity contribution >= 4 is 7.82 Å². The summed E-state index contributed by atoms with van der Waals surface area (Å²) in [5, 5.41) is 0. The molecule has 0 aromatic heterocycles. The molecule has 0 spiro atoms. The summed E-state index contributed by atoms with van der Waals surface area (Å²) in [5.74, 6) is 0. The van der Waals surface area contributed by atoms with Gasteiger partial charge in [-0.3, -0.25) is 9.05 Å². The lowest BCUT2D eigenvalue weighted by molar-refractivity contribution is 0.0767.